The maximum absolute atomic E-state index is 11.1. The Morgan fingerprint density at radius 3 is 2.55 bits per heavy atom. The van der Waals surface area contributed by atoms with Crippen molar-refractivity contribution in [3.05, 3.63) is 0 Å². The van der Waals surface area contributed by atoms with Gasteiger partial charge in [-0.1, -0.05) is 61.4 Å². The van der Waals surface area contributed by atoms with Gasteiger partial charge in [0.05, 0.1) is 0 Å². The zero-order valence-electron chi connectivity index (χ0n) is 6.07. The lowest BCUT2D eigenvalue weighted by atomic mass is 10.3. The molecule has 0 bridgehead atoms. The summed E-state index contributed by atoms with van der Waals surface area (Å²) in [6, 6.07) is 0. The summed E-state index contributed by atoms with van der Waals surface area (Å²) < 4.78 is 5.04. The van der Waals surface area contributed by atoms with Crippen molar-refractivity contribution in [1.29, 1.82) is 0 Å². The van der Waals surface area contributed by atoms with Gasteiger partial charge in [-0.25, -0.2) is 4.79 Å². The van der Waals surface area contributed by atoms with Crippen LogP contribution in [0, 0.1) is 0 Å². The Kier molecular flexibility index (Phi) is 6.35. The Morgan fingerprint density at radius 1 is 1.64 bits per heavy atom. The lowest BCUT2D eigenvalue weighted by Gasteiger charge is -2.15. The molecule has 0 radical (unpaired) electrons. The van der Waals surface area contributed by atoms with Gasteiger partial charge in [0.1, 0.15) is 6.61 Å². The highest BCUT2D eigenvalue weighted by Crippen LogP contribution is 2.31. The van der Waals surface area contributed by atoms with Crippen LogP contribution >= 0.6 is 54.5 Å². The highest BCUT2D eigenvalue weighted by Gasteiger charge is 2.31. The van der Waals surface area contributed by atoms with Crippen LogP contribution in [0.15, 0.2) is 0 Å². The summed E-state index contributed by atoms with van der Waals surface area (Å²) in [5, 5.41) is 0. The Labute approximate surface area is 96.8 Å². The van der Waals surface area contributed by atoms with Gasteiger partial charge in [-0.15, -0.1) is 0 Å². The maximum atomic E-state index is 11.1. The summed E-state index contributed by atoms with van der Waals surface area (Å²) in [6.07, 6.45) is 0.660. The van der Waals surface area contributed by atoms with E-state index in [1.165, 1.54) is 0 Å². The van der Waals surface area contributed by atoms with Gasteiger partial charge >= 0.3 is 5.97 Å². The summed E-state index contributed by atoms with van der Waals surface area (Å²) >= 11 is 8.59. The molecule has 5 heteroatoms. The van der Waals surface area contributed by atoms with Crippen LogP contribution in [-0.4, -0.2) is 20.2 Å². The summed E-state index contributed by atoms with van der Waals surface area (Å²) in [6.45, 7) is 2.37. The molecule has 0 aliphatic carbocycles. The maximum Gasteiger partial charge on any atom is 0.333 e. The Bertz CT molecular complexity index is 139. The fourth-order valence-electron chi connectivity index (χ4n) is 0.381. The van der Waals surface area contributed by atoms with Gasteiger partial charge in [0, 0.05) is 4.43 Å². The van der Waals surface area contributed by atoms with E-state index in [0.717, 1.165) is 4.43 Å². The van der Waals surface area contributed by atoms with Crippen LogP contribution < -0.4 is 0 Å². The highest BCUT2D eigenvalue weighted by molar-refractivity contribution is 14.1. The minimum Gasteiger partial charge on any atom is -0.463 e. The highest BCUT2D eigenvalue weighted by atomic mass is 127. The van der Waals surface area contributed by atoms with Gasteiger partial charge in [0.2, 0.25) is 0 Å². The number of rotatable bonds is 4. The third kappa shape index (κ3) is 4.67. The number of alkyl halides is 3. The fourth-order valence-corrected chi connectivity index (χ4v) is 0.830. The Hall–Kier alpha value is 1.16. The molecule has 0 aromatic heterocycles. The zero-order chi connectivity index (χ0) is 8.91. The molecule has 0 amide bonds. The molecule has 0 spiro atoms. The van der Waals surface area contributed by atoms with Gasteiger partial charge in [-0.3, -0.25) is 0 Å². The smallest absolute Gasteiger partial charge is 0.333 e. The first kappa shape index (κ1) is 12.2. The molecule has 11 heavy (non-hydrogen) atoms. The first-order valence-electron chi connectivity index (χ1n) is 3.15. The second-order valence-electron chi connectivity index (χ2n) is 1.88. The van der Waals surface area contributed by atoms with Crippen molar-refractivity contribution < 1.29 is 9.53 Å². The van der Waals surface area contributed by atoms with E-state index in [2.05, 4.69) is 54.5 Å². The van der Waals surface area contributed by atoms with Crippen molar-refractivity contribution in [2.75, 3.05) is 11.0 Å². The molecule has 0 fully saturated rings. The molecule has 0 atom stereocenters. The molecular formula is C6H9Br2IO2. The molecule has 0 aliphatic rings. The largest absolute Gasteiger partial charge is 0.463 e. The van der Waals surface area contributed by atoms with E-state index in [-0.39, 0.29) is 5.97 Å². The summed E-state index contributed by atoms with van der Waals surface area (Å²) in [7, 11) is 0. The molecule has 0 saturated heterocycles. The second-order valence-corrected chi connectivity index (χ2v) is 6.73. The van der Waals surface area contributed by atoms with E-state index in [9.17, 15) is 4.79 Å². The van der Waals surface area contributed by atoms with E-state index >= 15 is 0 Å². The van der Waals surface area contributed by atoms with E-state index in [1.807, 2.05) is 6.92 Å². The van der Waals surface area contributed by atoms with Crippen molar-refractivity contribution in [2.45, 2.75) is 16.6 Å². The number of esters is 1. The number of ether oxygens (including phenoxy) is 1. The monoisotopic (exact) mass is 398 g/mol. The molecule has 0 N–H and O–H groups in total. The molecule has 0 aromatic rings. The molecule has 0 rings (SSSR count). The number of carbonyl (C=O) groups is 1. The van der Waals surface area contributed by atoms with Crippen LogP contribution in [0.2, 0.25) is 0 Å². The van der Waals surface area contributed by atoms with E-state index in [1.54, 1.807) is 0 Å². The summed E-state index contributed by atoms with van der Waals surface area (Å²) in [4.78, 5) is 11.1. The van der Waals surface area contributed by atoms with Crippen molar-refractivity contribution in [3.63, 3.8) is 0 Å². The molecule has 66 valence electrons. The van der Waals surface area contributed by atoms with Crippen LogP contribution in [0.1, 0.15) is 13.3 Å². The van der Waals surface area contributed by atoms with E-state index in [0.29, 0.717) is 13.0 Å². The summed E-state index contributed by atoms with van der Waals surface area (Å²) in [5.41, 5.74) is 0. The average Bonchev–Trinajstić information content (AvgIpc) is 2.00. The number of halogens is 3. The molecule has 0 saturated carbocycles. The first-order valence-corrected chi connectivity index (χ1v) is 6.26. The standard InChI is InChI=1S/C6H9Br2IO2/c1-2-6(7,8)5(10)11-4-3-9/h2-4H2,1H3. The van der Waals surface area contributed by atoms with Crippen molar-refractivity contribution in [1.82, 2.24) is 0 Å². The SMILES string of the molecule is CCC(Br)(Br)C(=O)OCCI. The molecular weight excluding hydrogens is 391 g/mol. The molecule has 0 aliphatic heterocycles. The number of carbonyl (C=O) groups excluding carboxylic acids is 1. The topological polar surface area (TPSA) is 26.3 Å². The molecule has 0 aromatic carbocycles. The van der Waals surface area contributed by atoms with Crippen molar-refractivity contribution in [2.24, 2.45) is 0 Å². The van der Waals surface area contributed by atoms with Crippen molar-refractivity contribution >= 4 is 60.4 Å². The van der Waals surface area contributed by atoms with Gasteiger partial charge < -0.3 is 4.74 Å². The van der Waals surface area contributed by atoms with Gasteiger partial charge in [0.15, 0.2) is 3.23 Å². The summed E-state index contributed by atoms with van der Waals surface area (Å²) in [5.74, 6) is -0.253. The zero-order valence-corrected chi connectivity index (χ0v) is 11.4. The fraction of sp³-hybridized carbons (Fsp3) is 0.833. The lowest BCUT2D eigenvalue weighted by Crippen LogP contribution is -2.26. The van der Waals surface area contributed by atoms with Crippen LogP contribution in [0.3, 0.4) is 0 Å². The predicted molar refractivity (Wildman–Crippen MR) is 60.7 cm³/mol. The van der Waals surface area contributed by atoms with Crippen LogP contribution in [-0.2, 0) is 9.53 Å². The number of hydrogen-bond acceptors (Lipinski definition) is 2. The average molecular weight is 400 g/mol. The van der Waals surface area contributed by atoms with E-state index < -0.39 is 3.23 Å². The Morgan fingerprint density at radius 2 is 2.18 bits per heavy atom. The normalized spacial score (nSPS) is 11.3. The van der Waals surface area contributed by atoms with E-state index in [4.69, 9.17) is 4.74 Å². The molecule has 2 nitrogen and oxygen atoms in total. The third-order valence-corrected chi connectivity index (χ3v) is 3.26. The predicted octanol–water partition coefficient (Wildman–Crippen LogP) is 2.86. The second kappa shape index (κ2) is 5.75. The van der Waals surface area contributed by atoms with Crippen LogP contribution in [0.4, 0.5) is 0 Å². The Balaban J connectivity index is 3.82. The minimum absolute atomic E-state index is 0.253. The third-order valence-electron chi connectivity index (χ3n) is 1.05. The van der Waals surface area contributed by atoms with Gasteiger partial charge in [-0.2, -0.15) is 0 Å². The van der Waals surface area contributed by atoms with Crippen molar-refractivity contribution in [3.8, 4) is 0 Å². The van der Waals surface area contributed by atoms with Crippen LogP contribution in [0.25, 0.3) is 0 Å². The molecule has 0 unspecified atom stereocenters. The van der Waals surface area contributed by atoms with Crippen LogP contribution in [0.5, 0.6) is 0 Å². The number of hydrogen-bond donors (Lipinski definition) is 0. The quantitative estimate of drug-likeness (QED) is 0.413. The van der Waals surface area contributed by atoms with Gasteiger partial charge in [0.25, 0.3) is 0 Å². The lowest BCUT2D eigenvalue weighted by molar-refractivity contribution is -0.142. The minimum atomic E-state index is -0.689. The van der Waals surface area contributed by atoms with Gasteiger partial charge in [-0.05, 0) is 6.42 Å². The first-order chi connectivity index (χ1) is 5.04. The molecule has 0 heterocycles.